The van der Waals surface area contributed by atoms with Gasteiger partial charge in [0.25, 0.3) is 11.8 Å². The number of carbonyl (C=O) groups excluding carboxylic acids is 2. The van der Waals surface area contributed by atoms with Crippen LogP contribution in [0.2, 0.25) is 0 Å². The molecule has 0 aromatic heterocycles. The highest BCUT2D eigenvalue weighted by atomic mass is 32.2. The molecule has 1 fully saturated rings. The van der Waals surface area contributed by atoms with Crippen molar-refractivity contribution in [2.75, 3.05) is 0 Å². The molecule has 0 saturated carbocycles. The topological polar surface area (TPSA) is 58.5 Å². The second-order valence-corrected chi connectivity index (χ2v) is 7.00. The van der Waals surface area contributed by atoms with Crippen molar-refractivity contribution in [3.8, 4) is 0 Å². The average Bonchev–Trinajstić information content (AvgIpc) is 2.95. The molecule has 0 aliphatic carbocycles. The third-order valence-electron chi connectivity index (χ3n) is 3.78. The zero-order valence-corrected chi connectivity index (χ0v) is 14.8. The van der Waals surface area contributed by atoms with E-state index in [4.69, 9.17) is 0 Å². The summed E-state index contributed by atoms with van der Waals surface area (Å²) in [6, 6.07) is 16.9. The monoisotopic (exact) mass is 350 g/mol. The summed E-state index contributed by atoms with van der Waals surface area (Å²) in [5.74, 6) is -0.142. The molecule has 1 aliphatic rings. The normalized spacial score (nSPS) is 17.3. The van der Waals surface area contributed by atoms with Crippen molar-refractivity contribution in [1.82, 2.24) is 5.32 Å². The lowest BCUT2D eigenvalue weighted by Crippen LogP contribution is -2.20. The van der Waals surface area contributed by atoms with E-state index in [2.05, 4.69) is 36.3 Å². The van der Waals surface area contributed by atoms with Crippen LogP contribution in [0.15, 0.2) is 64.5 Å². The van der Waals surface area contributed by atoms with Gasteiger partial charge in [0.05, 0.1) is 4.91 Å². The first kappa shape index (κ1) is 17.2. The van der Waals surface area contributed by atoms with Crippen molar-refractivity contribution in [3.05, 3.63) is 76.2 Å². The number of thioether (sulfide) groups is 1. The van der Waals surface area contributed by atoms with Gasteiger partial charge < -0.3 is 5.32 Å². The smallest absolute Gasteiger partial charge is 0.279 e. The maximum Gasteiger partial charge on any atom is 0.279 e. The summed E-state index contributed by atoms with van der Waals surface area (Å²) in [6.45, 7) is 4.28. The molecule has 0 atom stereocenters. The Bertz CT molecular complexity index is 853. The fraction of sp³-hybridized carbons (Fsp3) is 0.150. The van der Waals surface area contributed by atoms with Gasteiger partial charge in [-0.25, -0.2) is 0 Å². The minimum absolute atomic E-state index is 0.238. The maximum atomic E-state index is 12.1. The van der Waals surface area contributed by atoms with Crippen LogP contribution in [0.5, 0.6) is 0 Å². The number of amidine groups is 1. The van der Waals surface area contributed by atoms with E-state index in [1.807, 2.05) is 18.2 Å². The van der Waals surface area contributed by atoms with Crippen molar-refractivity contribution in [2.45, 2.75) is 19.8 Å². The van der Waals surface area contributed by atoms with Crippen molar-refractivity contribution >= 4 is 34.8 Å². The highest BCUT2D eigenvalue weighted by Gasteiger charge is 2.24. The molecule has 4 nitrogen and oxygen atoms in total. The van der Waals surface area contributed by atoms with Gasteiger partial charge >= 0.3 is 0 Å². The Hall–Kier alpha value is -2.66. The summed E-state index contributed by atoms with van der Waals surface area (Å²) in [4.78, 5) is 28.7. The van der Waals surface area contributed by atoms with Crippen LogP contribution in [-0.2, 0) is 4.79 Å². The number of hydrogen-bond donors (Lipinski definition) is 1. The minimum Gasteiger partial charge on any atom is -0.300 e. The summed E-state index contributed by atoms with van der Waals surface area (Å²) in [5.41, 5.74) is 2.69. The number of amides is 2. The standard InChI is InChI=1S/C20H18N2O2S/c1-13(2)15-10-8-14(9-11-15)12-17-19(24)22-20(25-17)21-18(23)16-6-4-3-5-7-16/h3-13H,1-2H3,(H,21,22,23,24)/b17-12-. The van der Waals surface area contributed by atoms with Crippen molar-refractivity contribution < 1.29 is 9.59 Å². The van der Waals surface area contributed by atoms with Gasteiger partial charge in [0.2, 0.25) is 0 Å². The highest BCUT2D eigenvalue weighted by molar-refractivity contribution is 8.18. The summed E-state index contributed by atoms with van der Waals surface area (Å²) >= 11 is 1.18. The Kier molecular flexibility index (Phi) is 5.14. The van der Waals surface area contributed by atoms with Crippen molar-refractivity contribution in [2.24, 2.45) is 4.99 Å². The lowest BCUT2D eigenvalue weighted by molar-refractivity contribution is -0.115. The van der Waals surface area contributed by atoms with Gasteiger partial charge in [0, 0.05) is 5.56 Å². The van der Waals surface area contributed by atoms with E-state index in [1.54, 1.807) is 30.3 Å². The van der Waals surface area contributed by atoms with Crippen molar-refractivity contribution in [3.63, 3.8) is 0 Å². The number of rotatable bonds is 3. The Balaban J connectivity index is 1.76. The van der Waals surface area contributed by atoms with Gasteiger partial charge in [-0.3, -0.25) is 9.59 Å². The molecule has 5 heteroatoms. The predicted molar refractivity (Wildman–Crippen MR) is 102 cm³/mol. The van der Waals surface area contributed by atoms with Gasteiger partial charge in [0.1, 0.15) is 0 Å². The van der Waals surface area contributed by atoms with Gasteiger partial charge in [-0.15, -0.1) is 0 Å². The van der Waals surface area contributed by atoms with Gasteiger partial charge in [-0.05, 0) is 47.0 Å². The van der Waals surface area contributed by atoms with Crippen LogP contribution in [0, 0.1) is 0 Å². The van der Waals surface area contributed by atoms with Crippen LogP contribution in [0.4, 0.5) is 0 Å². The summed E-state index contributed by atoms with van der Waals surface area (Å²) in [7, 11) is 0. The van der Waals surface area contributed by atoms with E-state index in [-0.39, 0.29) is 11.8 Å². The molecule has 2 aromatic carbocycles. The van der Waals surface area contributed by atoms with Crippen LogP contribution in [0.1, 0.15) is 41.3 Å². The zero-order chi connectivity index (χ0) is 17.8. The Morgan fingerprint density at radius 3 is 2.40 bits per heavy atom. The number of nitrogens with one attached hydrogen (secondary N) is 1. The molecule has 3 rings (SSSR count). The molecule has 1 heterocycles. The van der Waals surface area contributed by atoms with E-state index in [1.165, 1.54) is 17.3 Å². The highest BCUT2D eigenvalue weighted by Crippen LogP contribution is 2.27. The van der Waals surface area contributed by atoms with Gasteiger partial charge in [0.15, 0.2) is 5.17 Å². The summed E-state index contributed by atoms with van der Waals surface area (Å²) in [5, 5.41) is 2.95. The average molecular weight is 350 g/mol. The van der Waals surface area contributed by atoms with Gasteiger partial charge in [-0.1, -0.05) is 56.3 Å². The quantitative estimate of drug-likeness (QED) is 0.844. The lowest BCUT2D eigenvalue weighted by Gasteiger charge is -2.04. The molecule has 25 heavy (non-hydrogen) atoms. The largest absolute Gasteiger partial charge is 0.300 e. The molecular weight excluding hydrogens is 332 g/mol. The Morgan fingerprint density at radius 1 is 1.08 bits per heavy atom. The summed E-state index contributed by atoms with van der Waals surface area (Å²) < 4.78 is 0. The maximum absolute atomic E-state index is 12.1. The van der Waals surface area contributed by atoms with E-state index in [9.17, 15) is 9.59 Å². The first-order valence-electron chi connectivity index (χ1n) is 8.02. The van der Waals surface area contributed by atoms with E-state index in [0.29, 0.717) is 21.6 Å². The molecule has 1 saturated heterocycles. The van der Waals surface area contributed by atoms with Crippen LogP contribution in [0.25, 0.3) is 6.08 Å². The number of aliphatic imine (C=N–C) groups is 1. The second kappa shape index (κ2) is 7.49. The number of hydrogen-bond acceptors (Lipinski definition) is 3. The van der Waals surface area contributed by atoms with Gasteiger partial charge in [-0.2, -0.15) is 4.99 Å². The first-order chi connectivity index (χ1) is 12.0. The number of nitrogens with zero attached hydrogens (tertiary/aromatic N) is 1. The fourth-order valence-corrected chi connectivity index (χ4v) is 3.17. The van der Waals surface area contributed by atoms with Crippen LogP contribution >= 0.6 is 11.8 Å². The third kappa shape index (κ3) is 4.25. The third-order valence-corrected chi connectivity index (χ3v) is 4.69. The minimum atomic E-state index is -0.370. The summed E-state index contributed by atoms with van der Waals surface area (Å²) in [6.07, 6.45) is 1.81. The molecule has 0 radical (unpaired) electrons. The van der Waals surface area contributed by atoms with E-state index >= 15 is 0 Å². The molecule has 0 spiro atoms. The van der Waals surface area contributed by atoms with Crippen LogP contribution < -0.4 is 5.32 Å². The molecule has 0 bridgehead atoms. The van der Waals surface area contributed by atoms with Crippen LogP contribution in [-0.4, -0.2) is 17.0 Å². The van der Waals surface area contributed by atoms with E-state index in [0.717, 1.165) is 5.56 Å². The molecular formula is C20H18N2O2S. The second-order valence-electron chi connectivity index (χ2n) is 5.97. The molecule has 126 valence electrons. The van der Waals surface area contributed by atoms with Crippen molar-refractivity contribution in [1.29, 1.82) is 0 Å². The molecule has 2 aromatic rings. The molecule has 0 unspecified atom stereocenters. The lowest BCUT2D eigenvalue weighted by atomic mass is 10.0. The van der Waals surface area contributed by atoms with E-state index < -0.39 is 0 Å². The SMILES string of the molecule is CC(C)c1ccc(/C=C2\SC(=NC(=O)c3ccccc3)NC2=O)cc1. The molecule has 1 aliphatic heterocycles. The molecule has 1 N–H and O–H groups in total. The predicted octanol–water partition coefficient (Wildman–Crippen LogP) is 4.21. The fourth-order valence-electron chi connectivity index (χ4n) is 2.35. The first-order valence-corrected chi connectivity index (χ1v) is 8.83. The number of carbonyl (C=O) groups is 2. The van der Waals surface area contributed by atoms with Crippen LogP contribution in [0.3, 0.4) is 0 Å². The zero-order valence-electron chi connectivity index (χ0n) is 14.0. The molecule has 2 amide bonds. The Labute approximate surface area is 151 Å². The number of benzene rings is 2. The Morgan fingerprint density at radius 2 is 1.76 bits per heavy atom.